The number of aromatic nitrogens is 2. The highest BCUT2D eigenvalue weighted by Crippen LogP contribution is 2.13. The maximum absolute atomic E-state index is 12.4. The van der Waals surface area contributed by atoms with E-state index in [0.717, 1.165) is 12.2 Å². The molecule has 0 saturated carbocycles. The number of nitrogens with one attached hydrogen (secondary N) is 1. The molecule has 0 spiro atoms. The number of nitrogens with two attached hydrogens (primary N) is 1. The maximum atomic E-state index is 12.4. The summed E-state index contributed by atoms with van der Waals surface area (Å²) in [6, 6.07) is 1.87. The molecule has 1 amide bonds. The van der Waals surface area contributed by atoms with Crippen molar-refractivity contribution in [2.75, 3.05) is 24.5 Å². The van der Waals surface area contributed by atoms with Gasteiger partial charge in [0, 0.05) is 24.5 Å². The fourth-order valence-corrected chi connectivity index (χ4v) is 2.63. The van der Waals surface area contributed by atoms with E-state index in [1.807, 2.05) is 6.26 Å². The first-order valence-corrected chi connectivity index (χ1v) is 7.51. The summed E-state index contributed by atoms with van der Waals surface area (Å²) < 4.78 is 0. The van der Waals surface area contributed by atoms with Crippen molar-refractivity contribution in [3.05, 3.63) is 17.5 Å². The molecule has 0 fully saturated rings. The average Bonchev–Trinajstić information content (AvgIpc) is 2.42. The zero-order valence-electron chi connectivity index (χ0n) is 11.8. The molecule has 0 aliphatic rings. The van der Waals surface area contributed by atoms with Gasteiger partial charge in [0.1, 0.15) is 5.69 Å². The minimum atomic E-state index is -0.108. The van der Waals surface area contributed by atoms with Crippen molar-refractivity contribution < 1.29 is 4.79 Å². The molecular weight excluding hydrogens is 262 g/mol. The SMILES string of the molecule is CCC(CSC)N(C)C(=O)c1cc(C)nc(NN)n1. The van der Waals surface area contributed by atoms with Crippen molar-refractivity contribution in [2.24, 2.45) is 5.84 Å². The van der Waals surface area contributed by atoms with Gasteiger partial charge in [0.2, 0.25) is 5.95 Å². The Morgan fingerprint density at radius 2 is 2.26 bits per heavy atom. The van der Waals surface area contributed by atoms with Crippen LogP contribution in [0.5, 0.6) is 0 Å². The lowest BCUT2D eigenvalue weighted by molar-refractivity contribution is 0.0737. The van der Waals surface area contributed by atoms with Gasteiger partial charge in [0.15, 0.2) is 0 Å². The highest BCUT2D eigenvalue weighted by Gasteiger charge is 2.21. The van der Waals surface area contributed by atoms with Gasteiger partial charge in [-0.3, -0.25) is 10.2 Å². The molecule has 1 aromatic heterocycles. The second-order valence-corrected chi connectivity index (χ2v) is 5.21. The van der Waals surface area contributed by atoms with Gasteiger partial charge in [-0.15, -0.1) is 0 Å². The highest BCUT2D eigenvalue weighted by atomic mass is 32.2. The Labute approximate surface area is 118 Å². The van der Waals surface area contributed by atoms with Crippen LogP contribution in [0.2, 0.25) is 0 Å². The van der Waals surface area contributed by atoms with Crippen LogP contribution in [0.15, 0.2) is 6.07 Å². The second-order valence-electron chi connectivity index (χ2n) is 4.30. The molecule has 7 heteroatoms. The summed E-state index contributed by atoms with van der Waals surface area (Å²) in [5.41, 5.74) is 3.44. The molecule has 3 N–H and O–H groups in total. The normalized spacial score (nSPS) is 12.1. The molecule has 1 rings (SSSR count). The van der Waals surface area contributed by atoms with Gasteiger partial charge in [0.05, 0.1) is 0 Å². The van der Waals surface area contributed by atoms with Crippen LogP contribution in [0, 0.1) is 6.92 Å². The zero-order valence-corrected chi connectivity index (χ0v) is 12.6. The van der Waals surface area contributed by atoms with E-state index in [4.69, 9.17) is 5.84 Å². The van der Waals surface area contributed by atoms with E-state index >= 15 is 0 Å². The zero-order chi connectivity index (χ0) is 14.4. The van der Waals surface area contributed by atoms with Crippen molar-refractivity contribution >= 4 is 23.6 Å². The Balaban J connectivity index is 2.95. The maximum Gasteiger partial charge on any atom is 0.272 e. The van der Waals surface area contributed by atoms with Gasteiger partial charge >= 0.3 is 0 Å². The molecule has 1 heterocycles. The summed E-state index contributed by atoms with van der Waals surface area (Å²) in [7, 11) is 1.81. The number of amides is 1. The van der Waals surface area contributed by atoms with Gasteiger partial charge in [-0.05, 0) is 25.7 Å². The molecule has 106 valence electrons. The van der Waals surface area contributed by atoms with Crippen molar-refractivity contribution in [2.45, 2.75) is 26.3 Å². The third-order valence-corrected chi connectivity index (χ3v) is 3.62. The fraction of sp³-hybridized carbons (Fsp3) is 0.583. The number of rotatable bonds is 6. The number of nitrogen functional groups attached to an aromatic ring is 1. The summed E-state index contributed by atoms with van der Waals surface area (Å²) in [6.07, 6.45) is 2.95. The standard InChI is InChI=1S/C12H21N5OS/c1-5-9(7-19-4)17(3)11(18)10-6-8(2)14-12(15-10)16-13/h6,9H,5,7,13H2,1-4H3,(H,14,15,16). The number of carbonyl (C=O) groups is 1. The summed E-state index contributed by atoms with van der Waals surface area (Å²) in [5, 5.41) is 0. The smallest absolute Gasteiger partial charge is 0.272 e. The van der Waals surface area contributed by atoms with Gasteiger partial charge in [-0.1, -0.05) is 6.92 Å². The first kappa shape index (κ1) is 15.7. The Kier molecular flexibility index (Phi) is 6.04. The molecule has 1 unspecified atom stereocenters. The molecule has 19 heavy (non-hydrogen) atoms. The Hall–Kier alpha value is -1.34. The second kappa shape index (κ2) is 7.30. The van der Waals surface area contributed by atoms with Gasteiger partial charge in [0.25, 0.3) is 5.91 Å². The topological polar surface area (TPSA) is 84.1 Å². The van der Waals surface area contributed by atoms with Gasteiger partial charge < -0.3 is 4.90 Å². The number of hydrogen-bond acceptors (Lipinski definition) is 6. The van der Waals surface area contributed by atoms with E-state index in [9.17, 15) is 4.79 Å². The quantitative estimate of drug-likeness (QED) is 0.604. The first-order valence-electron chi connectivity index (χ1n) is 6.11. The molecule has 0 aromatic carbocycles. The number of aryl methyl sites for hydroxylation is 1. The van der Waals surface area contributed by atoms with Crippen LogP contribution in [0.1, 0.15) is 29.5 Å². The molecule has 6 nitrogen and oxygen atoms in total. The number of hydrogen-bond donors (Lipinski definition) is 2. The molecule has 0 aliphatic carbocycles. The lowest BCUT2D eigenvalue weighted by Crippen LogP contribution is -2.38. The van der Waals surface area contributed by atoms with Crippen molar-refractivity contribution in [1.29, 1.82) is 0 Å². The van der Waals surface area contributed by atoms with E-state index in [-0.39, 0.29) is 17.9 Å². The summed E-state index contributed by atoms with van der Waals surface area (Å²) in [6.45, 7) is 3.88. The van der Waals surface area contributed by atoms with E-state index in [1.54, 1.807) is 36.7 Å². The Morgan fingerprint density at radius 3 is 2.79 bits per heavy atom. The van der Waals surface area contributed by atoms with Crippen molar-refractivity contribution in [3.63, 3.8) is 0 Å². The van der Waals surface area contributed by atoms with Crippen molar-refractivity contribution in [3.8, 4) is 0 Å². The minimum Gasteiger partial charge on any atom is -0.337 e. The number of nitrogens with zero attached hydrogens (tertiary/aromatic N) is 3. The molecular formula is C12H21N5OS. The fourth-order valence-electron chi connectivity index (χ4n) is 1.79. The van der Waals surface area contributed by atoms with E-state index in [0.29, 0.717) is 11.4 Å². The molecule has 1 atom stereocenters. The average molecular weight is 283 g/mol. The predicted octanol–water partition coefficient (Wildman–Crippen LogP) is 1.28. The Morgan fingerprint density at radius 1 is 1.58 bits per heavy atom. The third-order valence-electron chi connectivity index (χ3n) is 2.90. The van der Waals surface area contributed by atoms with Crippen LogP contribution in [-0.2, 0) is 0 Å². The van der Waals surface area contributed by atoms with E-state index in [2.05, 4.69) is 22.3 Å². The Bertz CT molecular complexity index is 440. The lowest BCUT2D eigenvalue weighted by Gasteiger charge is -2.26. The molecule has 0 bridgehead atoms. The summed E-state index contributed by atoms with van der Waals surface area (Å²) in [4.78, 5) is 22.3. The summed E-state index contributed by atoms with van der Waals surface area (Å²) in [5.74, 6) is 6.35. The highest BCUT2D eigenvalue weighted by molar-refractivity contribution is 7.98. The first-order chi connectivity index (χ1) is 9.03. The lowest BCUT2D eigenvalue weighted by atomic mass is 10.2. The van der Waals surface area contributed by atoms with Crippen molar-refractivity contribution in [1.82, 2.24) is 14.9 Å². The predicted molar refractivity (Wildman–Crippen MR) is 79.1 cm³/mol. The molecule has 1 aromatic rings. The van der Waals surface area contributed by atoms with Crippen LogP contribution in [0.4, 0.5) is 5.95 Å². The van der Waals surface area contributed by atoms with Gasteiger partial charge in [-0.25, -0.2) is 15.8 Å². The number of thioether (sulfide) groups is 1. The van der Waals surface area contributed by atoms with Crippen LogP contribution < -0.4 is 11.3 Å². The minimum absolute atomic E-state index is 0.108. The largest absolute Gasteiger partial charge is 0.337 e. The van der Waals surface area contributed by atoms with Crippen LogP contribution in [0.25, 0.3) is 0 Å². The molecule has 0 radical (unpaired) electrons. The summed E-state index contributed by atoms with van der Waals surface area (Å²) >= 11 is 1.73. The van der Waals surface area contributed by atoms with Crippen LogP contribution >= 0.6 is 11.8 Å². The third kappa shape index (κ3) is 4.07. The monoisotopic (exact) mass is 283 g/mol. The van der Waals surface area contributed by atoms with Gasteiger partial charge in [-0.2, -0.15) is 11.8 Å². The number of carbonyl (C=O) groups excluding carboxylic acids is 1. The molecule has 0 aliphatic heterocycles. The molecule has 0 saturated heterocycles. The van der Waals surface area contributed by atoms with Crippen LogP contribution in [-0.4, -0.2) is 45.9 Å². The number of anilines is 1. The van der Waals surface area contributed by atoms with E-state index < -0.39 is 0 Å². The van der Waals surface area contributed by atoms with E-state index in [1.165, 1.54) is 0 Å². The number of hydrazine groups is 1. The van der Waals surface area contributed by atoms with Crippen LogP contribution in [0.3, 0.4) is 0 Å².